The number of nitrogens with one attached hydrogen (secondary N) is 1. The van der Waals surface area contributed by atoms with Crippen LogP contribution >= 0.6 is 12.4 Å². The lowest BCUT2D eigenvalue weighted by Gasteiger charge is -2.24. The molecule has 0 fully saturated rings. The highest BCUT2D eigenvalue weighted by molar-refractivity contribution is 5.85. The quantitative estimate of drug-likeness (QED) is 0.834. The highest BCUT2D eigenvalue weighted by Crippen LogP contribution is 2.20. The fourth-order valence-electron chi connectivity index (χ4n) is 1.64. The van der Waals surface area contributed by atoms with E-state index in [0.717, 1.165) is 0 Å². The Kier molecular flexibility index (Phi) is 7.79. The first-order valence-corrected chi connectivity index (χ1v) is 5.85. The van der Waals surface area contributed by atoms with Crippen LogP contribution in [-0.4, -0.2) is 42.0 Å². The molecule has 1 amide bonds. The van der Waals surface area contributed by atoms with Gasteiger partial charge in [0.25, 0.3) is 0 Å². The molecule has 0 spiro atoms. The highest BCUT2D eigenvalue weighted by Gasteiger charge is 2.17. The van der Waals surface area contributed by atoms with Crippen LogP contribution in [0.25, 0.3) is 0 Å². The van der Waals surface area contributed by atoms with Gasteiger partial charge in [0.05, 0.1) is 6.54 Å². The van der Waals surface area contributed by atoms with Crippen molar-refractivity contribution in [3.63, 3.8) is 0 Å². The molecule has 1 rings (SSSR count). The van der Waals surface area contributed by atoms with Gasteiger partial charge in [0.15, 0.2) is 0 Å². The molecule has 20 heavy (non-hydrogen) atoms. The molecule has 1 atom stereocenters. The average Bonchev–Trinajstić information content (AvgIpc) is 2.36. The summed E-state index contributed by atoms with van der Waals surface area (Å²) in [7, 11) is 1.68. The molecule has 0 heterocycles. The normalized spacial score (nSPS) is 11.6. The van der Waals surface area contributed by atoms with Gasteiger partial charge in [-0.25, -0.2) is 4.39 Å². The van der Waals surface area contributed by atoms with Crippen molar-refractivity contribution >= 4 is 24.3 Å². The Morgan fingerprint density at radius 2 is 2.00 bits per heavy atom. The zero-order valence-corrected chi connectivity index (χ0v) is 12.1. The lowest BCUT2D eigenvalue weighted by atomic mass is 10.1. The largest absolute Gasteiger partial charge is 0.480 e. The van der Waals surface area contributed by atoms with E-state index in [9.17, 15) is 14.0 Å². The summed E-state index contributed by atoms with van der Waals surface area (Å²) in [6, 6.07) is 6.07. The van der Waals surface area contributed by atoms with Gasteiger partial charge in [0.1, 0.15) is 12.4 Å². The van der Waals surface area contributed by atoms with E-state index in [1.807, 2.05) is 0 Å². The number of rotatable bonds is 6. The predicted octanol–water partition coefficient (Wildman–Crippen LogP) is 1.44. The Bertz CT molecular complexity index is 471. The number of carboxylic acids is 1. The van der Waals surface area contributed by atoms with Crippen LogP contribution in [0.4, 0.5) is 4.39 Å². The molecule has 0 bridgehead atoms. The van der Waals surface area contributed by atoms with Gasteiger partial charge in [-0.2, -0.15) is 0 Å². The van der Waals surface area contributed by atoms with Gasteiger partial charge in [-0.3, -0.25) is 14.5 Å². The van der Waals surface area contributed by atoms with E-state index >= 15 is 0 Å². The SMILES string of the molecule is CC(c1ccccc1F)N(C)CC(=O)NCC(=O)O.Cl. The van der Waals surface area contributed by atoms with E-state index < -0.39 is 18.4 Å². The second-order valence-corrected chi connectivity index (χ2v) is 4.28. The van der Waals surface area contributed by atoms with Crippen LogP contribution in [-0.2, 0) is 9.59 Å². The van der Waals surface area contributed by atoms with Crippen molar-refractivity contribution in [2.75, 3.05) is 20.1 Å². The third-order valence-electron chi connectivity index (χ3n) is 2.85. The molecule has 1 aromatic carbocycles. The van der Waals surface area contributed by atoms with Crippen LogP contribution in [0, 0.1) is 5.82 Å². The standard InChI is InChI=1S/C13H17FN2O3.ClH/c1-9(10-5-3-4-6-11(10)14)16(2)8-12(17)15-7-13(18)19;/h3-6,9H,7-8H2,1-2H3,(H,15,17)(H,18,19);1H. The minimum Gasteiger partial charge on any atom is -0.480 e. The Hall–Kier alpha value is -1.66. The molecule has 112 valence electrons. The maximum atomic E-state index is 13.6. The van der Waals surface area contributed by atoms with Crippen molar-refractivity contribution < 1.29 is 19.1 Å². The van der Waals surface area contributed by atoms with E-state index in [-0.39, 0.29) is 30.8 Å². The van der Waals surface area contributed by atoms with Crippen molar-refractivity contribution in [3.8, 4) is 0 Å². The molecular weight excluding hydrogens is 287 g/mol. The molecule has 0 radical (unpaired) electrons. The van der Waals surface area contributed by atoms with Gasteiger partial charge in [-0.1, -0.05) is 18.2 Å². The molecule has 0 aliphatic carbocycles. The maximum Gasteiger partial charge on any atom is 0.322 e. The van der Waals surface area contributed by atoms with Gasteiger partial charge < -0.3 is 10.4 Å². The number of aliphatic carboxylic acids is 1. The van der Waals surface area contributed by atoms with Crippen LogP contribution in [0.15, 0.2) is 24.3 Å². The van der Waals surface area contributed by atoms with Crippen molar-refractivity contribution in [2.24, 2.45) is 0 Å². The van der Waals surface area contributed by atoms with Crippen LogP contribution in [0.1, 0.15) is 18.5 Å². The molecule has 1 unspecified atom stereocenters. The number of hydrogen-bond acceptors (Lipinski definition) is 3. The van der Waals surface area contributed by atoms with Gasteiger partial charge in [0.2, 0.25) is 5.91 Å². The van der Waals surface area contributed by atoms with Gasteiger partial charge in [0, 0.05) is 11.6 Å². The molecule has 2 N–H and O–H groups in total. The number of carboxylic acid groups (broad SMARTS) is 1. The summed E-state index contributed by atoms with van der Waals surface area (Å²) in [5, 5.41) is 10.7. The van der Waals surface area contributed by atoms with E-state index in [2.05, 4.69) is 5.32 Å². The van der Waals surface area contributed by atoms with E-state index in [4.69, 9.17) is 5.11 Å². The smallest absolute Gasteiger partial charge is 0.322 e. The second kappa shape index (κ2) is 8.50. The molecule has 7 heteroatoms. The number of nitrogens with zero attached hydrogens (tertiary/aromatic N) is 1. The van der Waals surface area contributed by atoms with Crippen molar-refractivity contribution in [1.29, 1.82) is 0 Å². The van der Waals surface area contributed by atoms with E-state index in [1.165, 1.54) is 6.07 Å². The number of carbonyl (C=O) groups is 2. The summed E-state index contributed by atoms with van der Waals surface area (Å²) in [4.78, 5) is 23.4. The first-order chi connectivity index (χ1) is 8.91. The fourth-order valence-corrected chi connectivity index (χ4v) is 1.64. The fraction of sp³-hybridized carbons (Fsp3) is 0.385. The number of amides is 1. The van der Waals surface area contributed by atoms with Crippen LogP contribution < -0.4 is 5.32 Å². The Morgan fingerprint density at radius 1 is 1.40 bits per heavy atom. The minimum atomic E-state index is -1.10. The summed E-state index contributed by atoms with van der Waals surface area (Å²) in [6.07, 6.45) is 0. The molecule has 1 aromatic rings. The highest BCUT2D eigenvalue weighted by atomic mass is 35.5. The topological polar surface area (TPSA) is 69.6 Å². The maximum absolute atomic E-state index is 13.6. The monoisotopic (exact) mass is 304 g/mol. The van der Waals surface area contributed by atoms with Crippen molar-refractivity contribution in [2.45, 2.75) is 13.0 Å². The number of halogens is 2. The summed E-state index contributed by atoms with van der Waals surface area (Å²) >= 11 is 0. The third-order valence-corrected chi connectivity index (χ3v) is 2.85. The second-order valence-electron chi connectivity index (χ2n) is 4.28. The lowest BCUT2D eigenvalue weighted by molar-refractivity contribution is -0.138. The van der Waals surface area contributed by atoms with Crippen LogP contribution in [0.2, 0.25) is 0 Å². The van der Waals surface area contributed by atoms with Crippen molar-refractivity contribution in [1.82, 2.24) is 10.2 Å². The van der Waals surface area contributed by atoms with Crippen molar-refractivity contribution in [3.05, 3.63) is 35.6 Å². The molecule has 0 saturated carbocycles. The lowest BCUT2D eigenvalue weighted by Crippen LogP contribution is -2.38. The summed E-state index contributed by atoms with van der Waals surface area (Å²) in [5.41, 5.74) is 0.496. The number of hydrogen-bond donors (Lipinski definition) is 2. The predicted molar refractivity (Wildman–Crippen MR) is 75.3 cm³/mol. The number of benzene rings is 1. The third kappa shape index (κ3) is 5.54. The number of likely N-dealkylation sites (N-methyl/N-ethyl adjacent to an activating group) is 1. The zero-order chi connectivity index (χ0) is 14.4. The van der Waals surface area contributed by atoms with E-state index in [1.54, 1.807) is 37.1 Å². The Morgan fingerprint density at radius 3 is 2.55 bits per heavy atom. The first kappa shape index (κ1) is 18.3. The molecule has 0 aliphatic rings. The molecule has 5 nitrogen and oxygen atoms in total. The average molecular weight is 305 g/mol. The van der Waals surface area contributed by atoms with Gasteiger partial charge >= 0.3 is 5.97 Å². The van der Waals surface area contributed by atoms with Crippen LogP contribution in [0.3, 0.4) is 0 Å². The van der Waals surface area contributed by atoms with Gasteiger partial charge in [-0.05, 0) is 20.0 Å². The van der Waals surface area contributed by atoms with E-state index in [0.29, 0.717) is 5.56 Å². The summed E-state index contributed by atoms with van der Waals surface area (Å²) < 4.78 is 13.6. The van der Waals surface area contributed by atoms with Crippen LogP contribution in [0.5, 0.6) is 0 Å². The first-order valence-electron chi connectivity index (χ1n) is 5.85. The molecule has 0 aromatic heterocycles. The van der Waals surface area contributed by atoms with Gasteiger partial charge in [-0.15, -0.1) is 12.4 Å². The summed E-state index contributed by atoms with van der Waals surface area (Å²) in [5.74, 6) is -1.83. The zero-order valence-electron chi connectivity index (χ0n) is 11.3. The molecule has 0 saturated heterocycles. The molecular formula is C13H18ClFN2O3. The Labute approximate surface area is 123 Å². The Balaban J connectivity index is 0.00000361. The molecule has 0 aliphatic heterocycles. The summed E-state index contributed by atoms with van der Waals surface area (Å²) in [6.45, 7) is 1.37. The minimum absolute atomic E-state index is 0. The number of carbonyl (C=O) groups excluding carboxylic acids is 1.